The minimum absolute atomic E-state index is 0.0518. The van der Waals surface area contributed by atoms with Crippen LogP contribution in [0.4, 0.5) is 5.69 Å². The Kier molecular flexibility index (Phi) is 4.57. The molecule has 1 fully saturated rings. The van der Waals surface area contributed by atoms with Gasteiger partial charge in [-0.25, -0.2) is 9.78 Å². The average Bonchev–Trinajstić information content (AvgIpc) is 3.09. The summed E-state index contributed by atoms with van der Waals surface area (Å²) in [5.41, 5.74) is 3.28. The summed E-state index contributed by atoms with van der Waals surface area (Å²) in [6.07, 6.45) is 2.03. The molecule has 0 saturated carbocycles. The van der Waals surface area contributed by atoms with Crippen LogP contribution in [-0.4, -0.2) is 24.0 Å². The van der Waals surface area contributed by atoms with Gasteiger partial charge in [-0.15, -0.1) is 11.3 Å². The lowest BCUT2D eigenvalue weighted by molar-refractivity contribution is 0.102. The quantitative estimate of drug-likeness (QED) is 0.740. The maximum absolute atomic E-state index is 12.6. The minimum Gasteiger partial charge on any atom is -0.427 e. The van der Waals surface area contributed by atoms with Gasteiger partial charge in [0.05, 0.1) is 15.7 Å². The molecule has 3 heterocycles. The molecule has 1 amide bonds. The Labute approximate surface area is 154 Å². The zero-order valence-corrected chi connectivity index (χ0v) is 15.2. The summed E-state index contributed by atoms with van der Waals surface area (Å²) in [6, 6.07) is 7.31. The Morgan fingerprint density at radius 3 is 3.04 bits per heavy atom. The molecule has 26 heavy (non-hydrogen) atoms. The van der Waals surface area contributed by atoms with Gasteiger partial charge in [0.15, 0.2) is 0 Å². The number of benzene rings is 1. The van der Waals surface area contributed by atoms with E-state index in [9.17, 15) is 9.59 Å². The number of hydrogen-bond acceptors (Lipinski definition) is 6. The molecule has 7 heteroatoms. The highest BCUT2D eigenvalue weighted by atomic mass is 32.1. The first kappa shape index (κ1) is 16.9. The van der Waals surface area contributed by atoms with E-state index in [0.717, 1.165) is 36.1 Å². The second kappa shape index (κ2) is 7.01. The van der Waals surface area contributed by atoms with Crippen LogP contribution in [0.25, 0.3) is 10.2 Å². The highest BCUT2D eigenvalue weighted by molar-refractivity contribution is 7.16. The number of fused-ring (bicyclic) bond motifs is 1. The molecule has 4 rings (SSSR count). The lowest BCUT2D eigenvalue weighted by Crippen LogP contribution is -2.30. The molecule has 1 aromatic carbocycles. The van der Waals surface area contributed by atoms with Crippen molar-refractivity contribution >= 4 is 33.1 Å². The van der Waals surface area contributed by atoms with Gasteiger partial charge in [0.2, 0.25) is 0 Å². The molecule has 1 atom stereocenters. The van der Waals surface area contributed by atoms with E-state index in [1.807, 2.05) is 12.1 Å². The van der Waals surface area contributed by atoms with Gasteiger partial charge < -0.3 is 15.1 Å². The van der Waals surface area contributed by atoms with Crippen LogP contribution in [-0.2, 0) is 0 Å². The number of piperidine rings is 1. The van der Waals surface area contributed by atoms with Crippen LogP contribution in [0.1, 0.15) is 40.4 Å². The zero-order valence-electron chi connectivity index (χ0n) is 14.4. The van der Waals surface area contributed by atoms with E-state index in [0.29, 0.717) is 17.0 Å². The standard InChI is InChI=1S/C19H19N3O3S/c1-11-7-15(12-3-2-6-20-9-12)25-19(24)17(11)18(23)22-13-4-5-16-14(8-13)21-10-26-16/h4-5,7-8,10,12,20H,2-3,6,9H2,1H3,(H,22,23). The molecule has 2 N–H and O–H groups in total. The van der Waals surface area contributed by atoms with E-state index in [-0.39, 0.29) is 11.5 Å². The summed E-state index contributed by atoms with van der Waals surface area (Å²) >= 11 is 1.54. The van der Waals surface area contributed by atoms with E-state index in [1.54, 1.807) is 24.6 Å². The SMILES string of the molecule is Cc1cc(C2CCCNC2)oc(=O)c1C(=O)Nc1ccc2scnc2c1. The van der Waals surface area contributed by atoms with Crippen molar-refractivity contribution in [2.24, 2.45) is 0 Å². The van der Waals surface area contributed by atoms with Crippen molar-refractivity contribution in [1.82, 2.24) is 10.3 Å². The third-order valence-electron chi connectivity index (χ3n) is 4.68. The van der Waals surface area contributed by atoms with Crippen LogP contribution in [0.2, 0.25) is 0 Å². The van der Waals surface area contributed by atoms with Gasteiger partial charge in [-0.3, -0.25) is 4.79 Å². The van der Waals surface area contributed by atoms with E-state index in [1.165, 1.54) is 11.3 Å². The third kappa shape index (κ3) is 3.27. The predicted molar refractivity (Wildman–Crippen MR) is 102 cm³/mol. The Balaban J connectivity index is 1.59. The number of hydrogen-bond donors (Lipinski definition) is 2. The Morgan fingerprint density at radius 1 is 1.38 bits per heavy atom. The maximum Gasteiger partial charge on any atom is 0.349 e. The topological polar surface area (TPSA) is 84.2 Å². The second-order valence-electron chi connectivity index (χ2n) is 6.53. The van der Waals surface area contributed by atoms with Crippen molar-refractivity contribution in [1.29, 1.82) is 0 Å². The van der Waals surface area contributed by atoms with Gasteiger partial charge >= 0.3 is 5.63 Å². The van der Waals surface area contributed by atoms with Crippen molar-refractivity contribution in [3.63, 3.8) is 0 Å². The fraction of sp³-hybridized carbons (Fsp3) is 0.316. The van der Waals surface area contributed by atoms with Crippen LogP contribution in [0.3, 0.4) is 0 Å². The first-order valence-corrected chi connectivity index (χ1v) is 9.50. The number of carbonyl (C=O) groups excluding carboxylic acids is 1. The molecule has 6 nitrogen and oxygen atoms in total. The van der Waals surface area contributed by atoms with Crippen LogP contribution in [0.5, 0.6) is 0 Å². The highest BCUT2D eigenvalue weighted by Gasteiger charge is 2.22. The van der Waals surface area contributed by atoms with Gasteiger partial charge in [0.25, 0.3) is 5.91 Å². The molecule has 1 aliphatic rings. The molecule has 2 aromatic heterocycles. The summed E-state index contributed by atoms with van der Waals surface area (Å²) in [7, 11) is 0. The molecule has 1 aliphatic heterocycles. The monoisotopic (exact) mass is 369 g/mol. The molecule has 134 valence electrons. The molecular weight excluding hydrogens is 350 g/mol. The van der Waals surface area contributed by atoms with Crippen molar-refractivity contribution < 1.29 is 9.21 Å². The largest absolute Gasteiger partial charge is 0.427 e. The fourth-order valence-corrected chi connectivity index (χ4v) is 3.99. The molecule has 3 aromatic rings. The van der Waals surface area contributed by atoms with Crippen molar-refractivity contribution in [2.75, 3.05) is 18.4 Å². The summed E-state index contributed by atoms with van der Waals surface area (Å²) < 4.78 is 6.52. The van der Waals surface area contributed by atoms with Crippen molar-refractivity contribution in [3.8, 4) is 0 Å². The number of nitrogens with one attached hydrogen (secondary N) is 2. The van der Waals surface area contributed by atoms with E-state index >= 15 is 0 Å². The van der Waals surface area contributed by atoms with E-state index < -0.39 is 11.5 Å². The second-order valence-corrected chi connectivity index (χ2v) is 7.41. The lowest BCUT2D eigenvalue weighted by atomic mass is 9.95. The van der Waals surface area contributed by atoms with Gasteiger partial charge in [-0.2, -0.15) is 0 Å². The Bertz CT molecular complexity index is 1020. The summed E-state index contributed by atoms with van der Waals surface area (Å²) in [6.45, 7) is 3.56. The van der Waals surface area contributed by atoms with Gasteiger partial charge in [0, 0.05) is 18.2 Å². The Hall–Kier alpha value is -2.51. The number of aromatic nitrogens is 1. The summed E-state index contributed by atoms with van der Waals surface area (Å²) in [5, 5.41) is 6.08. The first-order chi connectivity index (χ1) is 12.6. The molecular formula is C19H19N3O3S. The predicted octanol–water partition coefficient (Wildman–Crippen LogP) is 3.28. The van der Waals surface area contributed by atoms with E-state index in [2.05, 4.69) is 15.6 Å². The number of thiazole rings is 1. The Morgan fingerprint density at radius 2 is 2.27 bits per heavy atom. The van der Waals surface area contributed by atoms with E-state index in [4.69, 9.17) is 4.42 Å². The van der Waals surface area contributed by atoms with Crippen LogP contribution in [0.15, 0.2) is 39.0 Å². The molecule has 0 spiro atoms. The van der Waals surface area contributed by atoms with Gasteiger partial charge in [-0.05, 0) is 56.1 Å². The normalized spacial score (nSPS) is 17.3. The molecule has 1 unspecified atom stereocenters. The number of amides is 1. The smallest absolute Gasteiger partial charge is 0.349 e. The molecule has 0 radical (unpaired) electrons. The zero-order chi connectivity index (χ0) is 18.1. The molecule has 0 bridgehead atoms. The number of anilines is 1. The number of nitrogens with zero attached hydrogens (tertiary/aromatic N) is 1. The first-order valence-electron chi connectivity index (χ1n) is 8.62. The van der Waals surface area contributed by atoms with Crippen LogP contribution in [0, 0.1) is 6.92 Å². The highest BCUT2D eigenvalue weighted by Crippen LogP contribution is 2.25. The van der Waals surface area contributed by atoms with Crippen LogP contribution >= 0.6 is 11.3 Å². The number of rotatable bonds is 3. The average molecular weight is 369 g/mol. The van der Waals surface area contributed by atoms with Crippen LogP contribution < -0.4 is 16.3 Å². The summed E-state index contributed by atoms with van der Waals surface area (Å²) in [5.74, 6) is 0.374. The minimum atomic E-state index is -0.585. The van der Waals surface area contributed by atoms with Gasteiger partial charge in [0.1, 0.15) is 11.3 Å². The lowest BCUT2D eigenvalue weighted by Gasteiger charge is -2.22. The third-order valence-corrected chi connectivity index (χ3v) is 5.49. The van der Waals surface area contributed by atoms with Crippen molar-refractivity contribution in [3.05, 3.63) is 57.1 Å². The fourth-order valence-electron chi connectivity index (χ4n) is 3.33. The number of aryl methyl sites for hydroxylation is 1. The maximum atomic E-state index is 12.6. The molecule has 0 aliphatic carbocycles. The summed E-state index contributed by atoms with van der Waals surface area (Å²) in [4.78, 5) is 29.3. The van der Waals surface area contributed by atoms with Gasteiger partial charge in [-0.1, -0.05) is 0 Å². The molecule has 1 saturated heterocycles. The number of carbonyl (C=O) groups is 1. The van der Waals surface area contributed by atoms with Crippen molar-refractivity contribution in [2.45, 2.75) is 25.7 Å².